The van der Waals surface area contributed by atoms with Gasteiger partial charge in [-0.1, -0.05) is 24.8 Å². The van der Waals surface area contributed by atoms with E-state index in [1.165, 1.54) is 17.7 Å². The summed E-state index contributed by atoms with van der Waals surface area (Å²) in [5.41, 5.74) is 2.15. The number of hydrogen-bond acceptors (Lipinski definition) is 1. The second kappa shape index (κ2) is 10.5. The number of nitrogens with one attached hydrogen (secondary N) is 1. The molecule has 0 amide bonds. The fraction of sp³-hybridized carbons (Fsp3) is 0.474. The summed E-state index contributed by atoms with van der Waals surface area (Å²) < 4.78 is 5.83. The molecule has 3 heteroatoms. The van der Waals surface area contributed by atoms with Gasteiger partial charge in [0.25, 0.3) is 0 Å². The highest BCUT2D eigenvalue weighted by Gasteiger charge is 2.05. The zero-order chi connectivity index (χ0) is 16.4. The Hall–Kier alpha value is -1.25. The molecule has 122 valence electrons. The van der Waals surface area contributed by atoms with Crippen molar-refractivity contribution < 1.29 is 9.64 Å². The second-order valence-electron chi connectivity index (χ2n) is 5.77. The van der Waals surface area contributed by atoms with Gasteiger partial charge < -0.3 is 9.64 Å². The monoisotopic (exact) mass is 322 g/mol. The number of hydrogen-bond donors (Lipinski definition) is 1. The van der Waals surface area contributed by atoms with Crippen molar-refractivity contribution in [3.63, 3.8) is 0 Å². The summed E-state index contributed by atoms with van der Waals surface area (Å²) in [5, 5.41) is 0.833. The molecule has 1 N–H and O–H groups in total. The molecule has 2 nitrogen and oxygen atoms in total. The SMILES string of the molecule is C=CC[NH+](CC=C)CCCCCOc1cc(C)c(Cl)c(C)c1. The Bertz CT molecular complexity index is 451. The average molecular weight is 323 g/mol. The Balaban J connectivity index is 2.22. The summed E-state index contributed by atoms with van der Waals surface area (Å²) >= 11 is 6.16. The Morgan fingerprint density at radius 2 is 1.64 bits per heavy atom. The number of aryl methyl sites for hydroxylation is 2. The van der Waals surface area contributed by atoms with E-state index in [1.807, 2.05) is 38.1 Å². The van der Waals surface area contributed by atoms with Crippen LogP contribution in [0.2, 0.25) is 5.02 Å². The predicted molar refractivity (Wildman–Crippen MR) is 96.2 cm³/mol. The topological polar surface area (TPSA) is 13.7 Å². The molecule has 0 unspecified atom stereocenters. The standard InChI is InChI=1S/C19H28ClNO/c1-5-10-21(11-6-2)12-8-7-9-13-22-18-14-16(3)19(20)17(4)15-18/h5-6,14-15H,1-2,7-13H2,3-4H3/p+1. The number of benzene rings is 1. The van der Waals surface area contributed by atoms with Crippen molar-refractivity contribution in [3.8, 4) is 5.75 Å². The third kappa shape index (κ3) is 6.67. The minimum absolute atomic E-state index is 0.763. The fourth-order valence-electron chi connectivity index (χ4n) is 2.53. The van der Waals surface area contributed by atoms with Crippen LogP contribution in [0.3, 0.4) is 0 Å². The molecule has 1 aromatic carbocycles. The smallest absolute Gasteiger partial charge is 0.119 e. The predicted octanol–water partition coefficient (Wildman–Crippen LogP) is 3.76. The van der Waals surface area contributed by atoms with Crippen molar-refractivity contribution in [2.45, 2.75) is 33.1 Å². The van der Waals surface area contributed by atoms with E-state index in [0.717, 1.165) is 54.6 Å². The van der Waals surface area contributed by atoms with Crippen LogP contribution in [0.1, 0.15) is 30.4 Å². The average Bonchev–Trinajstić information content (AvgIpc) is 2.48. The summed E-state index contributed by atoms with van der Waals surface area (Å²) in [7, 11) is 0. The molecule has 0 heterocycles. The van der Waals surface area contributed by atoms with E-state index < -0.39 is 0 Å². The van der Waals surface area contributed by atoms with Gasteiger partial charge in [-0.05, 0) is 68.5 Å². The maximum absolute atomic E-state index is 6.16. The van der Waals surface area contributed by atoms with E-state index in [1.54, 1.807) is 0 Å². The van der Waals surface area contributed by atoms with E-state index in [-0.39, 0.29) is 0 Å². The molecule has 1 rings (SSSR count). The molecule has 0 spiro atoms. The van der Waals surface area contributed by atoms with E-state index in [0.29, 0.717) is 0 Å². The van der Waals surface area contributed by atoms with E-state index in [9.17, 15) is 0 Å². The molecule has 0 bridgehead atoms. The third-order valence-electron chi connectivity index (χ3n) is 3.72. The summed E-state index contributed by atoms with van der Waals surface area (Å²) in [6, 6.07) is 4.02. The van der Waals surface area contributed by atoms with Crippen LogP contribution in [0.25, 0.3) is 0 Å². The molecule has 22 heavy (non-hydrogen) atoms. The Morgan fingerprint density at radius 3 is 2.18 bits per heavy atom. The molecule has 1 aromatic rings. The van der Waals surface area contributed by atoms with Crippen molar-refractivity contribution in [1.82, 2.24) is 0 Å². The van der Waals surface area contributed by atoms with Gasteiger partial charge in [-0.25, -0.2) is 0 Å². The van der Waals surface area contributed by atoms with Crippen LogP contribution < -0.4 is 9.64 Å². The van der Waals surface area contributed by atoms with Gasteiger partial charge >= 0.3 is 0 Å². The summed E-state index contributed by atoms with van der Waals surface area (Å²) in [5.74, 6) is 0.921. The van der Waals surface area contributed by atoms with Crippen LogP contribution in [0.15, 0.2) is 37.4 Å². The molecule has 0 saturated carbocycles. The lowest BCUT2D eigenvalue weighted by atomic mass is 10.1. The normalized spacial score (nSPS) is 10.7. The van der Waals surface area contributed by atoms with Crippen LogP contribution >= 0.6 is 11.6 Å². The highest BCUT2D eigenvalue weighted by Crippen LogP contribution is 2.25. The molecule has 0 atom stereocenters. The molecule has 0 saturated heterocycles. The number of unbranched alkanes of at least 4 members (excludes halogenated alkanes) is 2. The molecule has 0 radical (unpaired) electrons. The van der Waals surface area contributed by atoms with Crippen molar-refractivity contribution in [1.29, 1.82) is 0 Å². The number of ether oxygens (including phenoxy) is 1. The maximum atomic E-state index is 6.16. The van der Waals surface area contributed by atoms with Crippen molar-refractivity contribution in [3.05, 3.63) is 53.6 Å². The van der Waals surface area contributed by atoms with Crippen LogP contribution in [0.4, 0.5) is 0 Å². The summed E-state index contributed by atoms with van der Waals surface area (Å²) in [6.07, 6.45) is 7.43. The highest BCUT2D eigenvalue weighted by atomic mass is 35.5. The van der Waals surface area contributed by atoms with Crippen LogP contribution in [-0.2, 0) is 0 Å². The van der Waals surface area contributed by atoms with Gasteiger partial charge in [0.2, 0.25) is 0 Å². The Labute approximate surface area is 140 Å². The fourth-order valence-corrected chi connectivity index (χ4v) is 2.64. The van der Waals surface area contributed by atoms with Gasteiger partial charge in [-0.15, -0.1) is 0 Å². The lowest BCUT2D eigenvalue weighted by Crippen LogP contribution is -3.11. The quantitative estimate of drug-likeness (QED) is 0.484. The number of quaternary nitrogens is 1. The molecule has 0 fully saturated rings. The number of halogens is 1. The van der Waals surface area contributed by atoms with E-state index in [4.69, 9.17) is 16.3 Å². The molecule has 0 aromatic heterocycles. The molecule has 0 aliphatic heterocycles. The molecule has 0 aliphatic rings. The zero-order valence-corrected chi connectivity index (χ0v) is 14.7. The Morgan fingerprint density at radius 1 is 1.05 bits per heavy atom. The van der Waals surface area contributed by atoms with Crippen molar-refractivity contribution in [2.24, 2.45) is 0 Å². The van der Waals surface area contributed by atoms with Crippen LogP contribution in [0, 0.1) is 13.8 Å². The first kappa shape index (κ1) is 18.8. The first-order valence-corrected chi connectivity index (χ1v) is 8.41. The summed E-state index contributed by atoms with van der Waals surface area (Å²) in [4.78, 5) is 1.52. The maximum Gasteiger partial charge on any atom is 0.119 e. The minimum atomic E-state index is 0.763. The van der Waals surface area contributed by atoms with E-state index in [2.05, 4.69) is 13.2 Å². The zero-order valence-electron chi connectivity index (χ0n) is 14.0. The van der Waals surface area contributed by atoms with Crippen molar-refractivity contribution in [2.75, 3.05) is 26.2 Å². The van der Waals surface area contributed by atoms with Gasteiger partial charge in [-0.3, -0.25) is 0 Å². The number of rotatable bonds is 11. The summed E-state index contributed by atoms with van der Waals surface area (Å²) in [6.45, 7) is 15.6. The third-order valence-corrected chi connectivity index (χ3v) is 4.32. The second-order valence-corrected chi connectivity index (χ2v) is 6.14. The molecular formula is C19H29ClNO+. The van der Waals surface area contributed by atoms with Gasteiger partial charge in [-0.2, -0.15) is 0 Å². The van der Waals surface area contributed by atoms with Gasteiger partial charge in [0.05, 0.1) is 26.2 Å². The van der Waals surface area contributed by atoms with Gasteiger partial charge in [0.1, 0.15) is 5.75 Å². The van der Waals surface area contributed by atoms with Gasteiger partial charge in [0, 0.05) is 5.02 Å². The minimum Gasteiger partial charge on any atom is -0.494 e. The van der Waals surface area contributed by atoms with Crippen molar-refractivity contribution >= 4 is 11.6 Å². The Kier molecular flexibility index (Phi) is 8.95. The highest BCUT2D eigenvalue weighted by molar-refractivity contribution is 6.32. The molecular weight excluding hydrogens is 294 g/mol. The molecule has 0 aliphatic carbocycles. The first-order valence-electron chi connectivity index (χ1n) is 8.03. The van der Waals surface area contributed by atoms with Crippen LogP contribution in [0.5, 0.6) is 5.75 Å². The first-order chi connectivity index (χ1) is 10.6. The lowest BCUT2D eigenvalue weighted by Gasteiger charge is -2.15. The van der Waals surface area contributed by atoms with Crippen LogP contribution in [-0.4, -0.2) is 26.2 Å². The largest absolute Gasteiger partial charge is 0.494 e. The van der Waals surface area contributed by atoms with E-state index >= 15 is 0 Å². The van der Waals surface area contributed by atoms with Gasteiger partial charge in [0.15, 0.2) is 0 Å². The lowest BCUT2D eigenvalue weighted by molar-refractivity contribution is -0.888.